The van der Waals surface area contributed by atoms with E-state index in [1.165, 1.54) is 18.1 Å². The highest BCUT2D eigenvalue weighted by molar-refractivity contribution is 7.99. The van der Waals surface area contributed by atoms with Gasteiger partial charge in [-0.05, 0) is 11.1 Å². The molecule has 0 radical (unpaired) electrons. The molecule has 0 bridgehead atoms. The zero-order valence-electron chi connectivity index (χ0n) is 17.1. The first-order chi connectivity index (χ1) is 14.5. The number of thioether (sulfide) groups is 1. The van der Waals surface area contributed by atoms with Crippen LogP contribution in [0.4, 0.5) is 0 Å². The summed E-state index contributed by atoms with van der Waals surface area (Å²) in [4.78, 5) is 28.4. The predicted octanol–water partition coefficient (Wildman–Crippen LogP) is 2.69. The van der Waals surface area contributed by atoms with E-state index in [4.69, 9.17) is 0 Å². The standard InChI is InChI=1S/C22H25N5O2S/c1-25(13-18-9-5-3-6-10-18)20(28)15-27-17-23-24-22(27)30-16-21(29)26(2)14-19-11-7-4-8-12-19/h3-12,17H,13-16H2,1-2H3. The van der Waals surface area contributed by atoms with E-state index in [2.05, 4.69) is 10.2 Å². The second kappa shape index (κ2) is 10.6. The Kier molecular flexibility index (Phi) is 7.62. The van der Waals surface area contributed by atoms with Crippen LogP contribution in [0.5, 0.6) is 0 Å². The van der Waals surface area contributed by atoms with E-state index < -0.39 is 0 Å². The van der Waals surface area contributed by atoms with Crippen molar-refractivity contribution in [1.82, 2.24) is 24.6 Å². The number of nitrogens with zero attached hydrogens (tertiary/aromatic N) is 5. The van der Waals surface area contributed by atoms with Crippen LogP contribution in [0.1, 0.15) is 11.1 Å². The molecule has 2 amide bonds. The Hall–Kier alpha value is -3.13. The maximum Gasteiger partial charge on any atom is 0.242 e. The lowest BCUT2D eigenvalue weighted by atomic mass is 10.2. The van der Waals surface area contributed by atoms with Crippen molar-refractivity contribution in [3.8, 4) is 0 Å². The molecule has 0 fully saturated rings. The third-order valence-corrected chi connectivity index (χ3v) is 5.55. The highest BCUT2D eigenvalue weighted by atomic mass is 32.2. The lowest BCUT2D eigenvalue weighted by Crippen LogP contribution is -2.30. The largest absolute Gasteiger partial charge is 0.341 e. The third-order valence-electron chi connectivity index (χ3n) is 4.59. The molecule has 0 aliphatic carbocycles. The van der Waals surface area contributed by atoms with E-state index in [9.17, 15) is 9.59 Å². The molecule has 0 aliphatic rings. The number of benzene rings is 2. The van der Waals surface area contributed by atoms with Crippen LogP contribution in [-0.4, -0.2) is 56.2 Å². The first kappa shape index (κ1) is 21.6. The van der Waals surface area contributed by atoms with Crippen LogP contribution in [-0.2, 0) is 29.2 Å². The monoisotopic (exact) mass is 423 g/mol. The predicted molar refractivity (Wildman–Crippen MR) is 117 cm³/mol. The van der Waals surface area contributed by atoms with Crippen LogP contribution in [0.15, 0.2) is 72.1 Å². The number of hydrogen-bond acceptors (Lipinski definition) is 5. The number of carbonyl (C=O) groups is 2. The molecule has 1 aromatic heterocycles. The molecule has 3 rings (SSSR count). The molecule has 0 N–H and O–H groups in total. The maximum atomic E-state index is 12.6. The Morgan fingerprint density at radius 1 is 0.867 bits per heavy atom. The molecule has 1 heterocycles. The zero-order chi connectivity index (χ0) is 21.3. The van der Waals surface area contributed by atoms with E-state index in [-0.39, 0.29) is 24.1 Å². The van der Waals surface area contributed by atoms with Crippen LogP contribution in [0.25, 0.3) is 0 Å². The summed E-state index contributed by atoms with van der Waals surface area (Å²) in [6.07, 6.45) is 1.52. The fourth-order valence-electron chi connectivity index (χ4n) is 2.86. The van der Waals surface area contributed by atoms with E-state index >= 15 is 0 Å². The molecule has 3 aromatic rings. The second-order valence-electron chi connectivity index (χ2n) is 7.00. The number of amides is 2. The van der Waals surface area contributed by atoms with Gasteiger partial charge in [-0.1, -0.05) is 72.4 Å². The summed E-state index contributed by atoms with van der Waals surface area (Å²) < 4.78 is 1.68. The second-order valence-corrected chi connectivity index (χ2v) is 7.94. The van der Waals surface area contributed by atoms with Gasteiger partial charge in [-0.25, -0.2) is 0 Å². The lowest BCUT2D eigenvalue weighted by Gasteiger charge is -2.18. The normalized spacial score (nSPS) is 10.6. The smallest absolute Gasteiger partial charge is 0.242 e. The zero-order valence-corrected chi connectivity index (χ0v) is 18.0. The van der Waals surface area contributed by atoms with Crippen molar-refractivity contribution < 1.29 is 9.59 Å². The molecule has 0 spiro atoms. The molecule has 0 saturated heterocycles. The minimum atomic E-state index is -0.0481. The van der Waals surface area contributed by atoms with Gasteiger partial charge in [-0.2, -0.15) is 0 Å². The van der Waals surface area contributed by atoms with Gasteiger partial charge in [0.15, 0.2) is 5.16 Å². The van der Waals surface area contributed by atoms with Gasteiger partial charge in [0.05, 0.1) is 5.75 Å². The molecular formula is C22H25N5O2S. The molecule has 156 valence electrons. The topological polar surface area (TPSA) is 71.3 Å². The van der Waals surface area contributed by atoms with Crippen LogP contribution < -0.4 is 0 Å². The molecule has 0 atom stereocenters. The first-order valence-electron chi connectivity index (χ1n) is 9.59. The fourth-order valence-corrected chi connectivity index (χ4v) is 3.71. The van der Waals surface area contributed by atoms with Gasteiger partial charge in [0.2, 0.25) is 11.8 Å². The minimum Gasteiger partial charge on any atom is -0.341 e. The van der Waals surface area contributed by atoms with Gasteiger partial charge < -0.3 is 9.80 Å². The average molecular weight is 424 g/mol. The highest BCUT2D eigenvalue weighted by Crippen LogP contribution is 2.16. The van der Waals surface area contributed by atoms with E-state index in [0.29, 0.717) is 18.2 Å². The van der Waals surface area contributed by atoms with Crippen molar-refractivity contribution in [3.05, 3.63) is 78.1 Å². The van der Waals surface area contributed by atoms with Gasteiger partial charge in [-0.15, -0.1) is 10.2 Å². The van der Waals surface area contributed by atoms with Crippen molar-refractivity contribution in [3.63, 3.8) is 0 Å². The summed E-state index contributed by atoms with van der Waals surface area (Å²) in [5.74, 6) is 0.176. The summed E-state index contributed by atoms with van der Waals surface area (Å²) in [6, 6.07) is 19.7. The molecule has 7 nitrogen and oxygen atoms in total. The van der Waals surface area contributed by atoms with Gasteiger partial charge in [-0.3, -0.25) is 14.2 Å². The van der Waals surface area contributed by atoms with Gasteiger partial charge in [0.25, 0.3) is 0 Å². The van der Waals surface area contributed by atoms with Crippen molar-refractivity contribution in [1.29, 1.82) is 0 Å². The van der Waals surface area contributed by atoms with Crippen LogP contribution >= 0.6 is 11.8 Å². The number of carbonyl (C=O) groups excluding carboxylic acids is 2. The van der Waals surface area contributed by atoms with Crippen LogP contribution in [0.3, 0.4) is 0 Å². The number of rotatable bonds is 9. The van der Waals surface area contributed by atoms with Crippen molar-refractivity contribution in [2.24, 2.45) is 0 Å². The van der Waals surface area contributed by atoms with Crippen LogP contribution in [0, 0.1) is 0 Å². The van der Waals surface area contributed by atoms with Crippen LogP contribution in [0.2, 0.25) is 0 Å². The molecule has 30 heavy (non-hydrogen) atoms. The van der Waals surface area contributed by atoms with E-state index in [1.807, 2.05) is 60.7 Å². The van der Waals surface area contributed by atoms with E-state index in [1.54, 1.807) is 28.5 Å². The van der Waals surface area contributed by atoms with Crippen molar-refractivity contribution >= 4 is 23.6 Å². The fraction of sp³-hybridized carbons (Fsp3) is 0.273. The van der Waals surface area contributed by atoms with Gasteiger partial charge in [0.1, 0.15) is 12.9 Å². The molecular weight excluding hydrogens is 398 g/mol. The van der Waals surface area contributed by atoms with Crippen molar-refractivity contribution in [2.45, 2.75) is 24.8 Å². The Morgan fingerprint density at radius 2 is 1.40 bits per heavy atom. The Bertz CT molecular complexity index is 962. The summed E-state index contributed by atoms with van der Waals surface area (Å²) in [7, 11) is 3.55. The summed E-state index contributed by atoms with van der Waals surface area (Å²) in [5, 5.41) is 8.52. The number of aromatic nitrogens is 3. The Morgan fingerprint density at radius 3 is 1.97 bits per heavy atom. The summed E-state index contributed by atoms with van der Waals surface area (Å²) in [5.41, 5.74) is 2.15. The average Bonchev–Trinajstić information content (AvgIpc) is 3.20. The molecule has 2 aromatic carbocycles. The summed E-state index contributed by atoms with van der Waals surface area (Å²) >= 11 is 1.29. The van der Waals surface area contributed by atoms with Crippen molar-refractivity contribution in [2.75, 3.05) is 19.8 Å². The quantitative estimate of drug-likeness (QED) is 0.495. The third kappa shape index (κ3) is 6.18. The summed E-state index contributed by atoms with van der Waals surface area (Å²) in [6.45, 7) is 1.22. The highest BCUT2D eigenvalue weighted by Gasteiger charge is 2.16. The number of hydrogen-bond donors (Lipinski definition) is 0. The Balaban J connectivity index is 1.51. The first-order valence-corrected chi connectivity index (χ1v) is 10.6. The van der Waals surface area contributed by atoms with Gasteiger partial charge >= 0.3 is 0 Å². The van der Waals surface area contributed by atoms with Gasteiger partial charge in [0, 0.05) is 27.2 Å². The molecule has 0 aliphatic heterocycles. The Labute approximate surface area is 180 Å². The minimum absolute atomic E-state index is 0.00840. The maximum absolute atomic E-state index is 12.6. The number of likely N-dealkylation sites (N-methyl/N-ethyl adjacent to an activating group) is 1. The SMILES string of the molecule is CN(Cc1ccccc1)C(=O)CSc1nncn1CC(=O)N(C)Cc1ccccc1. The van der Waals surface area contributed by atoms with E-state index in [0.717, 1.165) is 11.1 Å². The lowest BCUT2D eigenvalue weighted by molar-refractivity contribution is -0.131. The molecule has 0 saturated carbocycles. The molecule has 8 heteroatoms. The molecule has 0 unspecified atom stereocenters.